The quantitative estimate of drug-likeness (QED) is 0.355. The molecule has 5 rings (SSSR count). The first kappa shape index (κ1) is 25.9. The number of hydrogen-bond acceptors (Lipinski definition) is 4. The summed E-state index contributed by atoms with van der Waals surface area (Å²) in [5, 5.41) is 15.2. The molecular weight excluding hydrogens is 514 g/mol. The molecule has 2 fully saturated rings. The molecule has 0 radical (unpaired) electrons. The summed E-state index contributed by atoms with van der Waals surface area (Å²) in [6.45, 7) is 13.6. The summed E-state index contributed by atoms with van der Waals surface area (Å²) >= 11 is 3.71. The second-order valence-corrected chi connectivity index (χ2v) is 12.8. The minimum absolute atomic E-state index is 0.147. The highest BCUT2D eigenvalue weighted by Crippen LogP contribution is 2.42. The molecule has 36 heavy (non-hydrogen) atoms. The van der Waals surface area contributed by atoms with E-state index in [1.807, 2.05) is 0 Å². The molecule has 0 spiro atoms. The van der Waals surface area contributed by atoms with Crippen LogP contribution in [0.25, 0.3) is 22.2 Å². The van der Waals surface area contributed by atoms with Crippen LogP contribution < -0.4 is 5.32 Å². The number of halogens is 1. The third-order valence-electron chi connectivity index (χ3n) is 7.99. The van der Waals surface area contributed by atoms with Gasteiger partial charge in [-0.1, -0.05) is 43.6 Å². The predicted molar refractivity (Wildman–Crippen MR) is 151 cm³/mol. The zero-order chi connectivity index (χ0) is 25.6. The van der Waals surface area contributed by atoms with E-state index in [-0.39, 0.29) is 12.0 Å². The molecule has 2 aliphatic rings. The van der Waals surface area contributed by atoms with Crippen molar-refractivity contribution >= 4 is 26.8 Å². The molecule has 3 aromatic rings. The highest BCUT2D eigenvalue weighted by molar-refractivity contribution is 9.10. The van der Waals surface area contributed by atoms with Crippen LogP contribution in [0.5, 0.6) is 0 Å². The summed E-state index contributed by atoms with van der Waals surface area (Å²) < 4.78 is 9.35. The Morgan fingerprint density at radius 1 is 1.19 bits per heavy atom. The van der Waals surface area contributed by atoms with Crippen molar-refractivity contribution < 1.29 is 9.84 Å². The van der Waals surface area contributed by atoms with Crippen LogP contribution in [0.4, 0.5) is 0 Å². The van der Waals surface area contributed by atoms with Crippen LogP contribution in [0.2, 0.25) is 0 Å². The van der Waals surface area contributed by atoms with Gasteiger partial charge in [-0.2, -0.15) is 0 Å². The lowest BCUT2D eigenvalue weighted by molar-refractivity contribution is 0.0180. The number of fused-ring (bicyclic) bond motifs is 3. The molecule has 0 unspecified atom stereocenters. The maximum absolute atomic E-state index is 10.2. The van der Waals surface area contributed by atoms with Crippen molar-refractivity contribution in [2.45, 2.75) is 84.3 Å². The van der Waals surface area contributed by atoms with Gasteiger partial charge in [0.2, 0.25) is 0 Å². The minimum atomic E-state index is -0.223. The Bertz CT molecular complexity index is 1240. The molecular formula is C30H40BrN3O2. The molecule has 4 heterocycles. The van der Waals surface area contributed by atoms with Crippen LogP contribution in [0.15, 0.2) is 34.9 Å². The Morgan fingerprint density at radius 2 is 1.92 bits per heavy atom. The van der Waals surface area contributed by atoms with Crippen molar-refractivity contribution in [3.63, 3.8) is 0 Å². The SMILES string of the molecule is CCn1c(-c2cc([C@H]3C[C@H]4COC[C@@H](C3)N4)cnc2C(C)C)c(CC(C)(C)CO)c2cc(Br)ccc21. The normalized spacial score (nSPS) is 22.5. The van der Waals surface area contributed by atoms with Crippen LogP contribution in [-0.4, -0.2) is 46.6 Å². The van der Waals surface area contributed by atoms with Crippen LogP contribution in [0.3, 0.4) is 0 Å². The van der Waals surface area contributed by atoms with Crippen LogP contribution in [0.1, 0.15) is 76.1 Å². The lowest BCUT2D eigenvalue weighted by atomic mass is 9.81. The Balaban J connectivity index is 1.72. The van der Waals surface area contributed by atoms with Crippen LogP contribution in [-0.2, 0) is 17.7 Å². The molecule has 1 aromatic carbocycles. The van der Waals surface area contributed by atoms with E-state index in [1.165, 1.54) is 33.3 Å². The summed E-state index contributed by atoms with van der Waals surface area (Å²) in [6.07, 6.45) is 5.12. The minimum Gasteiger partial charge on any atom is -0.396 e. The van der Waals surface area contributed by atoms with Gasteiger partial charge in [-0.25, -0.2) is 0 Å². The van der Waals surface area contributed by atoms with Crippen molar-refractivity contribution in [3.8, 4) is 11.3 Å². The standard InChI is InChI=1S/C30H40BrN3O2/c1-6-34-27-8-7-21(31)12-24(27)26(13-30(4,5)17-35)29(34)25-11-20(14-32-28(25)18(2)3)19-9-22-15-36-16-23(10-19)33-22/h7-8,11-12,14,18-19,22-23,33,35H,6,9-10,13,15-17H2,1-5H3/t19-,22-,23+. The van der Waals surface area contributed by atoms with E-state index in [4.69, 9.17) is 9.72 Å². The summed E-state index contributed by atoms with van der Waals surface area (Å²) in [5.41, 5.74) is 7.34. The van der Waals surface area contributed by atoms with Crippen molar-refractivity contribution in [2.24, 2.45) is 5.41 Å². The largest absolute Gasteiger partial charge is 0.396 e. The second kappa shape index (κ2) is 10.2. The third-order valence-corrected chi connectivity index (χ3v) is 8.48. The molecule has 0 aliphatic carbocycles. The second-order valence-electron chi connectivity index (χ2n) is 11.9. The molecule has 3 atom stereocenters. The Hall–Kier alpha value is -1.73. The maximum atomic E-state index is 10.2. The number of pyridine rings is 1. The zero-order valence-corrected chi connectivity index (χ0v) is 23.9. The fourth-order valence-electron chi connectivity index (χ4n) is 6.22. The number of aliphatic hydroxyl groups is 1. The van der Waals surface area contributed by atoms with Crippen molar-refractivity contribution in [3.05, 3.63) is 51.8 Å². The van der Waals surface area contributed by atoms with E-state index in [0.717, 1.165) is 49.2 Å². The maximum Gasteiger partial charge on any atom is 0.0620 e. The Labute approximate surface area is 223 Å². The highest BCUT2D eigenvalue weighted by Gasteiger charge is 2.34. The number of ether oxygens (including phenoxy) is 1. The molecule has 2 aromatic heterocycles. The monoisotopic (exact) mass is 553 g/mol. The summed E-state index contributed by atoms with van der Waals surface area (Å²) in [4.78, 5) is 5.12. The molecule has 2 aliphatic heterocycles. The van der Waals surface area contributed by atoms with Gasteiger partial charge in [-0.15, -0.1) is 0 Å². The molecule has 0 amide bonds. The third kappa shape index (κ3) is 4.90. The fourth-order valence-corrected chi connectivity index (χ4v) is 6.58. The summed E-state index contributed by atoms with van der Waals surface area (Å²) in [7, 11) is 0. The van der Waals surface area contributed by atoms with Gasteiger partial charge in [-0.3, -0.25) is 4.98 Å². The van der Waals surface area contributed by atoms with Gasteiger partial charge in [-0.05, 0) is 78.8 Å². The van der Waals surface area contributed by atoms with E-state index >= 15 is 0 Å². The number of nitrogens with one attached hydrogen (secondary N) is 1. The molecule has 6 heteroatoms. The molecule has 2 saturated heterocycles. The van der Waals surface area contributed by atoms with Crippen molar-refractivity contribution in [1.82, 2.24) is 14.9 Å². The van der Waals surface area contributed by atoms with Gasteiger partial charge >= 0.3 is 0 Å². The molecule has 194 valence electrons. The van der Waals surface area contributed by atoms with E-state index < -0.39 is 0 Å². The van der Waals surface area contributed by atoms with Gasteiger partial charge in [0.1, 0.15) is 0 Å². The van der Waals surface area contributed by atoms with Gasteiger partial charge in [0.15, 0.2) is 0 Å². The van der Waals surface area contributed by atoms with Gasteiger partial charge in [0.05, 0.1) is 24.6 Å². The number of benzene rings is 1. The Kier molecular flexibility index (Phi) is 7.34. The molecule has 0 saturated carbocycles. The van der Waals surface area contributed by atoms with Gasteiger partial charge in [0.25, 0.3) is 0 Å². The van der Waals surface area contributed by atoms with E-state index in [9.17, 15) is 5.11 Å². The van der Waals surface area contributed by atoms with Crippen molar-refractivity contribution in [1.29, 1.82) is 0 Å². The van der Waals surface area contributed by atoms with Crippen molar-refractivity contribution in [2.75, 3.05) is 19.8 Å². The number of nitrogens with zero attached hydrogens (tertiary/aromatic N) is 2. The number of piperidine rings is 1. The number of aromatic nitrogens is 2. The number of aryl methyl sites for hydroxylation is 1. The number of morpholine rings is 1. The molecule has 2 N–H and O–H groups in total. The lowest BCUT2D eigenvalue weighted by Gasteiger charge is -2.40. The molecule has 2 bridgehead atoms. The number of aliphatic hydroxyl groups excluding tert-OH is 1. The first-order valence-corrected chi connectivity index (χ1v) is 14.3. The van der Waals surface area contributed by atoms with Gasteiger partial charge in [0, 0.05) is 52.4 Å². The van der Waals surface area contributed by atoms with E-state index in [2.05, 4.69) is 90.9 Å². The Morgan fingerprint density at radius 3 is 2.56 bits per heavy atom. The average molecular weight is 555 g/mol. The number of rotatable bonds is 7. The average Bonchev–Trinajstić information content (AvgIpc) is 3.15. The fraction of sp³-hybridized carbons (Fsp3) is 0.567. The number of hydrogen-bond donors (Lipinski definition) is 2. The van der Waals surface area contributed by atoms with E-state index in [1.54, 1.807) is 0 Å². The summed E-state index contributed by atoms with van der Waals surface area (Å²) in [6, 6.07) is 9.90. The lowest BCUT2D eigenvalue weighted by Crippen LogP contribution is -2.53. The van der Waals surface area contributed by atoms with E-state index in [0.29, 0.717) is 23.9 Å². The van der Waals surface area contributed by atoms with Crippen LogP contribution >= 0.6 is 15.9 Å². The smallest absolute Gasteiger partial charge is 0.0620 e. The predicted octanol–water partition coefficient (Wildman–Crippen LogP) is 6.40. The van der Waals surface area contributed by atoms with Crippen LogP contribution in [0, 0.1) is 5.41 Å². The molecule has 5 nitrogen and oxygen atoms in total. The topological polar surface area (TPSA) is 59.3 Å². The first-order valence-electron chi connectivity index (χ1n) is 13.5. The highest BCUT2D eigenvalue weighted by atomic mass is 79.9. The first-order chi connectivity index (χ1) is 17.2. The zero-order valence-electron chi connectivity index (χ0n) is 22.3. The summed E-state index contributed by atoms with van der Waals surface area (Å²) in [5.74, 6) is 0.798. The van der Waals surface area contributed by atoms with Gasteiger partial charge < -0.3 is 19.7 Å².